The first-order chi connectivity index (χ1) is 10.1. The van der Waals surface area contributed by atoms with Crippen molar-refractivity contribution in [1.82, 2.24) is 24.3 Å². The van der Waals surface area contributed by atoms with E-state index in [0.717, 1.165) is 33.1 Å². The summed E-state index contributed by atoms with van der Waals surface area (Å²) in [6, 6.07) is 6.01. The number of nitrogens with one attached hydrogen (secondary N) is 1. The molecule has 0 unspecified atom stereocenters. The first kappa shape index (κ1) is 11.9. The molecule has 6 heteroatoms. The highest BCUT2D eigenvalue weighted by Crippen LogP contribution is 2.26. The summed E-state index contributed by atoms with van der Waals surface area (Å²) in [5, 5.41) is 5.13. The molecule has 0 amide bonds. The smallest absolute Gasteiger partial charge is 0.305 e. The topological polar surface area (TPSA) is 68.5 Å². The van der Waals surface area contributed by atoms with Gasteiger partial charge in [-0.25, -0.2) is 4.79 Å². The second-order valence-electron chi connectivity index (χ2n) is 5.14. The molecule has 21 heavy (non-hydrogen) atoms. The lowest BCUT2D eigenvalue weighted by atomic mass is 10.1. The predicted octanol–water partition coefficient (Wildman–Crippen LogP) is 1.82. The Hall–Kier alpha value is -2.89. The van der Waals surface area contributed by atoms with Crippen molar-refractivity contribution in [3.63, 3.8) is 0 Å². The van der Waals surface area contributed by atoms with Crippen LogP contribution in [0.5, 0.6) is 0 Å². The summed E-state index contributed by atoms with van der Waals surface area (Å²) in [6.07, 6.45) is 5.50. The van der Waals surface area contributed by atoms with Crippen LogP contribution in [0.1, 0.15) is 0 Å². The molecule has 4 rings (SSSR count). The Labute approximate surface area is 119 Å². The summed E-state index contributed by atoms with van der Waals surface area (Å²) in [5.41, 5.74) is 4.43. The number of fused-ring (bicyclic) bond motifs is 3. The zero-order valence-corrected chi connectivity index (χ0v) is 11.7. The Bertz CT molecular complexity index is 1040. The number of nitrogens with zero attached hydrogens (tertiary/aromatic N) is 4. The molecule has 0 bridgehead atoms. The molecule has 0 aliphatic rings. The van der Waals surface area contributed by atoms with Gasteiger partial charge in [-0.15, -0.1) is 0 Å². The van der Waals surface area contributed by atoms with Crippen LogP contribution >= 0.6 is 0 Å². The number of H-pyrrole nitrogens is 1. The van der Waals surface area contributed by atoms with E-state index in [0.29, 0.717) is 0 Å². The normalized spacial score (nSPS) is 11.5. The number of rotatable bonds is 1. The number of aryl methyl sites for hydroxylation is 2. The molecular weight excluding hydrogens is 266 g/mol. The Morgan fingerprint density at radius 2 is 2.00 bits per heavy atom. The fourth-order valence-corrected chi connectivity index (χ4v) is 2.62. The van der Waals surface area contributed by atoms with Gasteiger partial charge in [0.1, 0.15) is 0 Å². The van der Waals surface area contributed by atoms with E-state index in [1.54, 1.807) is 22.5 Å². The summed E-state index contributed by atoms with van der Waals surface area (Å²) in [4.78, 5) is 19.1. The van der Waals surface area contributed by atoms with Crippen molar-refractivity contribution in [2.75, 3.05) is 0 Å². The molecule has 1 aromatic carbocycles. The Kier molecular flexibility index (Phi) is 2.29. The number of pyridine rings is 1. The van der Waals surface area contributed by atoms with Gasteiger partial charge >= 0.3 is 5.69 Å². The second kappa shape index (κ2) is 4.05. The third-order valence-electron chi connectivity index (χ3n) is 3.78. The van der Waals surface area contributed by atoms with Crippen molar-refractivity contribution < 1.29 is 0 Å². The van der Waals surface area contributed by atoms with Crippen molar-refractivity contribution in [2.45, 2.75) is 0 Å². The van der Waals surface area contributed by atoms with Gasteiger partial charge in [-0.05, 0) is 17.7 Å². The maximum absolute atomic E-state index is 11.8. The first-order valence-electron chi connectivity index (χ1n) is 6.60. The molecule has 0 saturated heterocycles. The number of benzene rings is 1. The van der Waals surface area contributed by atoms with E-state index >= 15 is 0 Å². The maximum atomic E-state index is 11.8. The highest BCUT2D eigenvalue weighted by molar-refractivity contribution is 6.03. The van der Waals surface area contributed by atoms with Gasteiger partial charge in [0.05, 0.1) is 28.9 Å². The number of hydrogen-bond acceptors (Lipinski definition) is 3. The van der Waals surface area contributed by atoms with Gasteiger partial charge < -0.3 is 4.98 Å². The summed E-state index contributed by atoms with van der Waals surface area (Å²) in [7, 11) is 3.62. The molecule has 6 nitrogen and oxygen atoms in total. The van der Waals surface area contributed by atoms with Crippen LogP contribution < -0.4 is 5.69 Å². The standard InChI is InChI=1S/C15H13N5O/c1-19-8-10(6-17-19)9-3-4-12-11(5-9)14-13(7-16-12)20(2)15(21)18-14/h3-8H,1-2H3,(H,18,21). The summed E-state index contributed by atoms with van der Waals surface area (Å²) >= 11 is 0. The van der Waals surface area contributed by atoms with Crippen molar-refractivity contribution >= 4 is 21.9 Å². The van der Waals surface area contributed by atoms with Crippen molar-refractivity contribution in [1.29, 1.82) is 0 Å². The van der Waals surface area contributed by atoms with Gasteiger partial charge in [0.15, 0.2) is 0 Å². The lowest BCUT2D eigenvalue weighted by molar-refractivity contribution is 0.768. The largest absolute Gasteiger partial charge is 0.326 e. The molecule has 3 aromatic heterocycles. The Morgan fingerprint density at radius 1 is 1.14 bits per heavy atom. The lowest BCUT2D eigenvalue weighted by Gasteiger charge is -2.03. The number of aromatic amines is 1. The molecule has 4 aromatic rings. The van der Waals surface area contributed by atoms with Crippen LogP contribution in [0, 0.1) is 0 Å². The third kappa shape index (κ3) is 1.69. The minimum Gasteiger partial charge on any atom is -0.305 e. The van der Waals surface area contributed by atoms with E-state index in [-0.39, 0.29) is 5.69 Å². The number of aromatic nitrogens is 5. The van der Waals surface area contributed by atoms with E-state index in [1.165, 1.54) is 0 Å². The first-order valence-corrected chi connectivity index (χ1v) is 6.60. The lowest BCUT2D eigenvalue weighted by Crippen LogP contribution is -2.11. The average molecular weight is 279 g/mol. The molecule has 0 aliphatic heterocycles. The van der Waals surface area contributed by atoms with Crippen LogP contribution in [0.15, 0.2) is 41.6 Å². The molecule has 1 N–H and O–H groups in total. The van der Waals surface area contributed by atoms with Crippen LogP contribution in [-0.2, 0) is 14.1 Å². The van der Waals surface area contributed by atoms with E-state index in [2.05, 4.69) is 15.1 Å². The van der Waals surface area contributed by atoms with Crippen LogP contribution in [0.25, 0.3) is 33.1 Å². The van der Waals surface area contributed by atoms with Gasteiger partial charge in [0.2, 0.25) is 0 Å². The minimum absolute atomic E-state index is 0.133. The highest BCUT2D eigenvalue weighted by atomic mass is 16.1. The maximum Gasteiger partial charge on any atom is 0.326 e. The predicted molar refractivity (Wildman–Crippen MR) is 81.0 cm³/mol. The van der Waals surface area contributed by atoms with Crippen LogP contribution in [0.4, 0.5) is 0 Å². The third-order valence-corrected chi connectivity index (χ3v) is 3.78. The molecule has 0 aliphatic carbocycles. The van der Waals surface area contributed by atoms with E-state index in [9.17, 15) is 4.79 Å². The number of imidazole rings is 1. The van der Waals surface area contributed by atoms with E-state index in [1.807, 2.05) is 37.6 Å². The van der Waals surface area contributed by atoms with Crippen molar-refractivity contribution in [2.24, 2.45) is 14.1 Å². The zero-order valence-electron chi connectivity index (χ0n) is 11.7. The minimum atomic E-state index is -0.133. The molecule has 0 fully saturated rings. The van der Waals surface area contributed by atoms with Gasteiger partial charge in [-0.1, -0.05) is 6.07 Å². The van der Waals surface area contributed by atoms with Crippen LogP contribution in [-0.4, -0.2) is 24.3 Å². The average Bonchev–Trinajstić information content (AvgIpc) is 3.04. The molecule has 0 saturated carbocycles. The van der Waals surface area contributed by atoms with Crippen molar-refractivity contribution in [3.05, 3.63) is 47.3 Å². The quantitative estimate of drug-likeness (QED) is 0.578. The molecule has 3 heterocycles. The van der Waals surface area contributed by atoms with Crippen LogP contribution in [0.3, 0.4) is 0 Å². The molecule has 0 atom stereocenters. The fourth-order valence-electron chi connectivity index (χ4n) is 2.62. The van der Waals surface area contributed by atoms with Gasteiger partial charge in [0.25, 0.3) is 0 Å². The Balaban J connectivity index is 2.07. The second-order valence-corrected chi connectivity index (χ2v) is 5.14. The van der Waals surface area contributed by atoms with E-state index in [4.69, 9.17) is 0 Å². The Morgan fingerprint density at radius 3 is 2.76 bits per heavy atom. The number of hydrogen-bond donors (Lipinski definition) is 1. The molecule has 104 valence electrons. The van der Waals surface area contributed by atoms with Gasteiger partial charge in [0, 0.05) is 31.2 Å². The monoisotopic (exact) mass is 279 g/mol. The highest BCUT2D eigenvalue weighted by Gasteiger charge is 2.10. The van der Waals surface area contributed by atoms with E-state index < -0.39 is 0 Å². The summed E-state index contributed by atoms with van der Waals surface area (Å²) in [5.74, 6) is 0. The zero-order chi connectivity index (χ0) is 14.6. The molecular formula is C15H13N5O. The molecule has 0 spiro atoms. The SMILES string of the molecule is Cn1cc(-c2ccc3ncc4c([nH]c(=O)n4C)c3c2)cn1. The van der Waals surface area contributed by atoms with Crippen LogP contribution in [0.2, 0.25) is 0 Å². The molecule has 0 radical (unpaired) electrons. The summed E-state index contributed by atoms with van der Waals surface area (Å²) in [6.45, 7) is 0. The fraction of sp³-hybridized carbons (Fsp3) is 0.133. The van der Waals surface area contributed by atoms with Gasteiger partial charge in [-0.3, -0.25) is 14.2 Å². The summed E-state index contributed by atoms with van der Waals surface area (Å²) < 4.78 is 3.33. The van der Waals surface area contributed by atoms with Crippen molar-refractivity contribution in [3.8, 4) is 11.1 Å². The van der Waals surface area contributed by atoms with Gasteiger partial charge in [-0.2, -0.15) is 5.10 Å².